The van der Waals surface area contributed by atoms with Gasteiger partial charge in [-0.25, -0.2) is 14.7 Å². The third kappa shape index (κ3) is 3.30. The van der Waals surface area contributed by atoms with E-state index in [0.717, 1.165) is 5.56 Å². The van der Waals surface area contributed by atoms with Crippen LogP contribution in [0.1, 0.15) is 24.2 Å². The first kappa shape index (κ1) is 18.9. The fourth-order valence-corrected chi connectivity index (χ4v) is 4.12. The van der Waals surface area contributed by atoms with Crippen LogP contribution in [-0.2, 0) is 22.6 Å². The second-order valence-electron chi connectivity index (χ2n) is 7.43. The van der Waals surface area contributed by atoms with Gasteiger partial charge in [-0.1, -0.05) is 30.3 Å². The number of nitrogens with zero attached hydrogens (tertiary/aromatic N) is 4. The standard InChI is InChI=1S/C19H22N6O4/c1-23-16(27)19(25(18(23)29)12-13-5-3-2-4-6-13)7-9-24(10-8-19)15(26)11-14-20-17(28)22-21-14/h2-6H,7-12H2,1H3,(H2,20,21,22,28). The Kier molecular flexibility index (Phi) is 4.69. The molecule has 152 valence electrons. The molecule has 2 fully saturated rings. The number of hydrogen-bond donors (Lipinski definition) is 2. The Labute approximate surface area is 166 Å². The molecular weight excluding hydrogens is 376 g/mol. The SMILES string of the molecule is CN1C(=O)N(Cc2ccccc2)C2(CCN(C(=O)Cc3n[nH]c(=O)[nH]3)CC2)C1=O. The molecule has 1 aromatic carbocycles. The van der Waals surface area contributed by atoms with E-state index in [2.05, 4.69) is 15.2 Å². The number of imide groups is 1. The lowest BCUT2D eigenvalue weighted by molar-refractivity contribution is -0.140. The van der Waals surface area contributed by atoms with Crippen molar-refractivity contribution in [3.05, 3.63) is 52.2 Å². The summed E-state index contributed by atoms with van der Waals surface area (Å²) in [6.45, 7) is 1.05. The molecule has 3 heterocycles. The van der Waals surface area contributed by atoms with Gasteiger partial charge in [-0.3, -0.25) is 19.5 Å². The zero-order chi connectivity index (χ0) is 20.6. The first-order valence-electron chi connectivity index (χ1n) is 9.46. The minimum atomic E-state index is -0.931. The van der Waals surface area contributed by atoms with Gasteiger partial charge in [-0.15, -0.1) is 0 Å². The highest BCUT2D eigenvalue weighted by molar-refractivity contribution is 6.06. The summed E-state index contributed by atoms with van der Waals surface area (Å²) in [4.78, 5) is 56.3. The lowest BCUT2D eigenvalue weighted by atomic mass is 9.85. The molecule has 10 nitrogen and oxygen atoms in total. The third-order valence-electron chi connectivity index (χ3n) is 5.73. The van der Waals surface area contributed by atoms with Crippen LogP contribution in [0.4, 0.5) is 4.79 Å². The molecule has 0 bridgehead atoms. The van der Waals surface area contributed by atoms with Crippen molar-refractivity contribution in [1.82, 2.24) is 29.9 Å². The number of amides is 4. The van der Waals surface area contributed by atoms with E-state index in [0.29, 0.717) is 32.5 Å². The molecule has 4 rings (SSSR count). The molecule has 0 atom stereocenters. The number of aromatic nitrogens is 3. The van der Waals surface area contributed by atoms with Crippen molar-refractivity contribution in [2.75, 3.05) is 20.1 Å². The van der Waals surface area contributed by atoms with Crippen molar-refractivity contribution in [1.29, 1.82) is 0 Å². The van der Waals surface area contributed by atoms with Crippen molar-refractivity contribution in [3.8, 4) is 0 Å². The summed E-state index contributed by atoms with van der Waals surface area (Å²) >= 11 is 0. The zero-order valence-corrected chi connectivity index (χ0v) is 16.1. The smallest absolute Gasteiger partial charge is 0.340 e. The predicted molar refractivity (Wildman–Crippen MR) is 102 cm³/mol. The van der Waals surface area contributed by atoms with E-state index in [9.17, 15) is 19.2 Å². The second kappa shape index (κ2) is 7.19. The minimum Gasteiger partial charge on any atom is -0.342 e. The number of likely N-dealkylation sites (tertiary alicyclic amines) is 1. The molecule has 2 aliphatic rings. The molecule has 10 heteroatoms. The number of piperidine rings is 1. The first-order chi connectivity index (χ1) is 13.9. The predicted octanol–water partition coefficient (Wildman–Crippen LogP) is 0.0959. The Morgan fingerprint density at radius 1 is 1.14 bits per heavy atom. The highest BCUT2D eigenvalue weighted by Crippen LogP contribution is 2.37. The number of H-pyrrole nitrogens is 2. The molecule has 4 amide bonds. The van der Waals surface area contributed by atoms with Gasteiger partial charge in [0.05, 0.1) is 6.42 Å². The van der Waals surface area contributed by atoms with Crippen LogP contribution < -0.4 is 5.69 Å². The van der Waals surface area contributed by atoms with E-state index in [4.69, 9.17) is 0 Å². The lowest BCUT2D eigenvalue weighted by Gasteiger charge is -2.42. The Morgan fingerprint density at radius 3 is 2.45 bits per heavy atom. The highest BCUT2D eigenvalue weighted by Gasteiger charge is 2.57. The van der Waals surface area contributed by atoms with E-state index in [1.54, 1.807) is 9.80 Å². The number of urea groups is 1. The van der Waals surface area contributed by atoms with Gasteiger partial charge in [0.15, 0.2) is 0 Å². The fraction of sp³-hybridized carbons (Fsp3) is 0.421. The van der Waals surface area contributed by atoms with Gasteiger partial charge in [0.2, 0.25) is 5.91 Å². The van der Waals surface area contributed by atoms with Gasteiger partial charge in [0.25, 0.3) is 5.91 Å². The van der Waals surface area contributed by atoms with Gasteiger partial charge >= 0.3 is 11.7 Å². The molecule has 0 unspecified atom stereocenters. The quantitative estimate of drug-likeness (QED) is 0.707. The van der Waals surface area contributed by atoms with E-state index in [-0.39, 0.29) is 30.1 Å². The van der Waals surface area contributed by atoms with E-state index in [1.807, 2.05) is 30.3 Å². The summed E-state index contributed by atoms with van der Waals surface area (Å²) in [5.41, 5.74) is -0.441. The van der Waals surface area contributed by atoms with Crippen LogP contribution in [-0.4, -0.2) is 73.4 Å². The largest absolute Gasteiger partial charge is 0.342 e. The van der Waals surface area contributed by atoms with Crippen molar-refractivity contribution in [2.24, 2.45) is 0 Å². The number of nitrogens with one attached hydrogen (secondary N) is 2. The number of carbonyl (C=O) groups excluding carboxylic acids is 3. The van der Waals surface area contributed by atoms with Crippen LogP contribution in [0.25, 0.3) is 0 Å². The van der Waals surface area contributed by atoms with Gasteiger partial charge < -0.3 is 9.80 Å². The average Bonchev–Trinajstić information content (AvgIpc) is 3.21. The normalized spacial score (nSPS) is 18.7. The Balaban J connectivity index is 1.49. The topological polar surface area (TPSA) is 122 Å². The van der Waals surface area contributed by atoms with Crippen molar-refractivity contribution in [3.63, 3.8) is 0 Å². The Bertz CT molecular complexity index is 989. The molecule has 29 heavy (non-hydrogen) atoms. The van der Waals surface area contributed by atoms with E-state index >= 15 is 0 Å². The Hall–Kier alpha value is -3.43. The lowest BCUT2D eigenvalue weighted by Crippen LogP contribution is -2.57. The molecule has 2 aromatic rings. The average molecular weight is 398 g/mol. The summed E-state index contributed by atoms with van der Waals surface area (Å²) in [5, 5.41) is 5.99. The van der Waals surface area contributed by atoms with Gasteiger partial charge in [-0.05, 0) is 18.4 Å². The molecule has 2 N–H and O–H groups in total. The van der Waals surface area contributed by atoms with Crippen LogP contribution in [0, 0.1) is 0 Å². The third-order valence-corrected chi connectivity index (χ3v) is 5.73. The number of aromatic amines is 2. The van der Waals surface area contributed by atoms with Crippen LogP contribution in [0.3, 0.4) is 0 Å². The fourth-order valence-electron chi connectivity index (χ4n) is 4.12. The highest BCUT2D eigenvalue weighted by atomic mass is 16.2. The summed E-state index contributed by atoms with van der Waals surface area (Å²) in [5.74, 6) is -0.123. The minimum absolute atomic E-state index is 0.0216. The second-order valence-corrected chi connectivity index (χ2v) is 7.43. The van der Waals surface area contributed by atoms with E-state index < -0.39 is 11.2 Å². The molecule has 1 aromatic heterocycles. The maximum Gasteiger partial charge on any atom is 0.340 e. The van der Waals surface area contributed by atoms with Crippen LogP contribution in [0.15, 0.2) is 35.1 Å². The maximum atomic E-state index is 13.0. The molecule has 2 saturated heterocycles. The Morgan fingerprint density at radius 2 is 1.83 bits per heavy atom. The first-order valence-corrected chi connectivity index (χ1v) is 9.46. The molecule has 0 saturated carbocycles. The van der Waals surface area contributed by atoms with Gasteiger partial charge in [0, 0.05) is 26.7 Å². The number of rotatable bonds is 4. The van der Waals surface area contributed by atoms with Crippen LogP contribution >= 0.6 is 0 Å². The summed E-state index contributed by atoms with van der Waals surface area (Å²) in [7, 11) is 1.50. The number of benzene rings is 1. The van der Waals surface area contributed by atoms with Crippen LogP contribution in [0.5, 0.6) is 0 Å². The molecule has 0 radical (unpaired) electrons. The van der Waals surface area contributed by atoms with Crippen molar-refractivity contribution < 1.29 is 14.4 Å². The number of hydrogen-bond acceptors (Lipinski definition) is 5. The maximum absolute atomic E-state index is 13.0. The number of carbonyl (C=O) groups is 3. The summed E-state index contributed by atoms with van der Waals surface area (Å²) < 4.78 is 0. The van der Waals surface area contributed by atoms with Gasteiger partial charge in [0.1, 0.15) is 11.4 Å². The van der Waals surface area contributed by atoms with Gasteiger partial charge in [-0.2, -0.15) is 5.10 Å². The van der Waals surface area contributed by atoms with Crippen molar-refractivity contribution >= 4 is 17.8 Å². The zero-order valence-electron chi connectivity index (χ0n) is 16.1. The van der Waals surface area contributed by atoms with Crippen LogP contribution in [0.2, 0.25) is 0 Å². The molecule has 1 spiro atoms. The monoisotopic (exact) mass is 398 g/mol. The van der Waals surface area contributed by atoms with Crippen molar-refractivity contribution in [2.45, 2.75) is 31.3 Å². The number of likely N-dealkylation sites (N-methyl/N-ethyl adjacent to an activating group) is 1. The molecule has 0 aliphatic carbocycles. The summed E-state index contributed by atoms with van der Waals surface area (Å²) in [6, 6.07) is 9.23. The molecular formula is C19H22N6O4. The molecule has 2 aliphatic heterocycles. The summed E-state index contributed by atoms with van der Waals surface area (Å²) in [6.07, 6.45) is 0.724. The van der Waals surface area contributed by atoms with E-state index in [1.165, 1.54) is 11.9 Å².